The zero-order valence-corrected chi connectivity index (χ0v) is 17.6. The van der Waals surface area contributed by atoms with E-state index in [2.05, 4.69) is 46.1 Å². The molecule has 0 bridgehead atoms. The molecule has 0 atom stereocenters. The van der Waals surface area contributed by atoms with E-state index in [9.17, 15) is 0 Å². The van der Waals surface area contributed by atoms with E-state index in [4.69, 9.17) is 5.26 Å². The molecule has 0 saturated carbocycles. The van der Waals surface area contributed by atoms with E-state index in [-0.39, 0.29) is 0 Å². The summed E-state index contributed by atoms with van der Waals surface area (Å²) in [6, 6.07) is 21.8. The minimum absolute atomic E-state index is 1.02. The first-order valence-corrected chi connectivity index (χ1v) is 8.84. The molecule has 29 heavy (non-hydrogen) atoms. The van der Waals surface area contributed by atoms with Gasteiger partial charge < -0.3 is 0 Å². The van der Waals surface area contributed by atoms with Crippen LogP contribution >= 0.6 is 0 Å². The van der Waals surface area contributed by atoms with Crippen LogP contribution in [-0.2, 0) is 0 Å². The van der Waals surface area contributed by atoms with Crippen molar-refractivity contribution in [2.45, 2.75) is 6.92 Å². The highest BCUT2D eigenvalue weighted by molar-refractivity contribution is 5.46. The second-order valence-corrected chi connectivity index (χ2v) is 5.08. The van der Waals surface area contributed by atoms with Crippen LogP contribution in [0.3, 0.4) is 0 Å². The third-order valence-electron chi connectivity index (χ3n) is 2.68. The second kappa shape index (κ2) is 26.3. The molecule has 2 rings (SSSR count). The largest absolute Gasteiger partial charge is 0.193 e. The molecule has 1 nitrogen and oxygen atoms in total. The number of rotatable bonds is 4. The van der Waals surface area contributed by atoms with Gasteiger partial charge in [0.15, 0.2) is 0 Å². The Kier molecular flexibility index (Phi) is 27.1. The SMILES string of the molecule is C=CC#N.C=CC(=C)C.C=CC=C.C=Cc1ccccc1.C=Cc1ccccc1. The molecule has 0 amide bonds. The van der Waals surface area contributed by atoms with Crippen LogP contribution in [0.25, 0.3) is 12.2 Å². The molecule has 0 aliphatic carbocycles. The average Bonchev–Trinajstić information content (AvgIpc) is 2.81. The van der Waals surface area contributed by atoms with Gasteiger partial charge in [0.1, 0.15) is 0 Å². The monoisotopic (exact) mass is 383 g/mol. The summed E-state index contributed by atoms with van der Waals surface area (Å²) in [5, 5.41) is 7.51. The van der Waals surface area contributed by atoms with E-state index in [0.29, 0.717) is 0 Å². The number of hydrogen-bond donors (Lipinski definition) is 0. The molecular formula is C28H33N. The van der Waals surface area contributed by atoms with Gasteiger partial charge in [-0.25, -0.2) is 0 Å². The van der Waals surface area contributed by atoms with Crippen molar-refractivity contribution in [3.63, 3.8) is 0 Å². The predicted octanol–water partition coefficient (Wildman–Crippen LogP) is 8.46. The van der Waals surface area contributed by atoms with Gasteiger partial charge in [-0.3, -0.25) is 0 Å². The van der Waals surface area contributed by atoms with Crippen molar-refractivity contribution < 1.29 is 0 Å². The lowest BCUT2D eigenvalue weighted by atomic mass is 10.2. The highest BCUT2D eigenvalue weighted by Crippen LogP contribution is 1.98. The molecule has 0 heterocycles. The molecule has 0 fully saturated rings. The van der Waals surface area contributed by atoms with Gasteiger partial charge in [0, 0.05) is 6.08 Å². The van der Waals surface area contributed by atoms with E-state index in [1.54, 1.807) is 24.3 Å². The number of hydrogen-bond acceptors (Lipinski definition) is 1. The quantitative estimate of drug-likeness (QED) is 0.383. The zero-order valence-electron chi connectivity index (χ0n) is 17.6. The summed E-state index contributed by atoms with van der Waals surface area (Å²) >= 11 is 0. The van der Waals surface area contributed by atoms with Gasteiger partial charge >= 0.3 is 0 Å². The third kappa shape index (κ3) is 29.1. The Morgan fingerprint density at radius 1 is 0.724 bits per heavy atom. The molecule has 0 saturated heterocycles. The normalized spacial score (nSPS) is 7.03. The summed E-state index contributed by atoms with van der Waals surface area (Å²) < 4.78 is 0. The van der Waals surface area contributed by atoms with Crippen LogP contribution in [0.5, 0.6) is 0 Å². The van der Waals surface area contributed by atoms with E-state index < -0.39 is 0 Å². The summed E-state index contributed by atoms with van der Waals surface area (Å²) in [7, 11) is 0. The fraction of sp³-hybridized carbons (Fsp3) is 0.0357. The van der Waals surface area contributed by atoms with Crippen LogP contribution in [-0.4, -0.2) is 0 Å². The van der Waals surface area contributed by atoms with Gasteiger partial charge in [-0.2, -0.15) is 5.26 Å². The number of nitrogens with zero attached hydrogens (tertiary/aromatic N) is 1. The molecule has 0 N–H and O–H groups in total. The van der Waals surface area contributed by atoms with Crippen LogP contribution < -0.4 is 0 Å². The van der Waals surface area contributed by atoms with Gasteiger partial charge in [-0.05, 0) is 18.1 Å². The molecule has 2 aromatic carbocycles. The zero-order chi connectivity index (χ0) is 22.8. The van der Waals surface area contributed by atoms with Crippen LogP contribution in [0.2, 0.25) is 0 Å². The van der Waals surface area contributed by atoms with Gasteiger partial charge in [0.2, 0.25) is 0 Å². The molecule has 0 spiro atoms. The Bertz CT molecular complexity index is 694. The van der Waals surface area contributed by atoms with Gasteiger partial charge in [-0.15, -0.1) is 0 Å². The molecule has 1 heteroatoms. The van der Waals surface area contributed by atoms with Crippen molar-refractivity contribution in [1.82, 2.24) is 0 Å². The van der Waals surface area contributed by atoms with Crippen LogP contribution in [0.4, 0.5) is 0 Å². The summed E-state index contributed by atoms with van der Waals surface area (Å²) in [4.78, 5) is 0. The summed E-state index contributed by atoms with van der Waals surface area (Å²) in [6.45, 7) is 26.0. The van der Waals surface area contributed by atoms with E-state index in [1.165, 1.54) is 17.2 Å². The van der Waals surface area contributed by atoms with Crippen molar-refractivity contribution in [3.05, 3.63) is 148 Å². The van der Waals surface area contributed by atoms with E-state index in [0.717, 1.165) is 5.57 Å². The molecule has 2 aromatic rings. The van der Waals surface area contributed by atoms with E-state index in [1.807, 2.05) is 79.7 Å². The summed E-state index contributed by atoms with van der Waals surface area (Å²) in [5.74, 6) is 0. The van der Waals surface area contributed by atoms with Crippen LogP contribution in [0.15, 0.2) is 137 Å². The second-order valence-electron chi connectivity index (χ2n) is 5.08. The maximum atomic E-state index is 7.51. The number of benzene rings is 2. The maximum Gasteiger partial charge on any atom is 0.0905 e. The Labute approximate surface area is 178 Å². The fourth-order valence-corrected chi connectivity index (χ4v) is 1.18. The Hall–Kier alpha value is -3.89. The highest BCUT2D eigenvalue weighted by atomic mass is 14.2. The standard InChI is InChI=1S/2C8H8.C5H8.C4H6.C3H3N/c2*1-2-8-6-4-3-5-7-8;1-4-5(2)3;1-3-4-2;1-2-3-4/h2*2-7H,1H2;4H,1-2H2,3H3;3-4H,1-2H2;2H,1H2. The van der Waals surface area contributed by atoms with Crippen molar-refractivity contribution in [2.24, 2.45) is 0 Å². The van der Waals surface area contributed by atoms with Gasteiger partial charge in [-0.1, -0.05) is 143 Å². The van der Waals surface area contributed by atoms with E-state index >= 15 is 0 Å². The van der Waals surface area contributed by atoms with Crippen molar-refractivity contribution in [2.75, 3.05) is 0 Å². The molecule has 0 aliphatic rings. The maximum absolute atomic E-state index is 7.51. The molecule has 0 radical (unpaired) electrons. The molecule has 0 aromatic heterocycles. The minimum atomic E-state index is 1.02. The first-order valence-electron chi connectivity index (χ1n) is 8.84. The molecular weight excluding hydrogens is 350 g/mol. The van der Waals surface area contributed by atoms with Gasteiger partial charge in [0.25, 0.3) is 0 Å². The van der Waals surface area contributed by atoms with Crippen LogP contribution in [0, 0.1) is 11.3 Å². The molecule has 0 aliphatic heterocycles. The number of nitriles is 1. The minimum Gasteiger partial charge on any atom is -0.193 e. The third-order valence-corrected chi connectivity index (χ3v) is 2.68. The summed E-state index contributed by atoms with van der Waals surface area (Å²) in [6.07, 6.45) is 9.85. The Morgan fingerprint density at radius 3 is 1.10 bits per heavy atom. The van der Waals surface area contributed by atoms with Crippen molar-refractivity contribution in [3.8, 4) is 6.07 Å². The number of allylic oxidation sites excluding steroid dienone is 5. The molecule has 0 unspecified atom stereocenters. The lowest BCUT2D eigenvalue weighted by Crippen LogP contribution is -1.63. The van der Waals surface area contributed by atoms with Crippen LogP contribution in [0.1, 0.15) is 18.1 Å². The average molecular weight is 384 g/mol. The smallest absolute Gasteiger partial charge is 0.0905 e. The van der Waals surface area contributed by atoms with Crippen molar-refractivity contribution >= 4 is 12.2 Å². The first kappa shape index (κ1) is 29.9. The predicted molar refractivity (Wildman–Crippen MR) is 134 cm³/mol. The lowest BCUT2D eigenvalue weighted by Gasteiger charge is -1.85. The first-order chi connectivity index (χ1) is 14.0. The van der Waals surface area contributed by atoms with Crippen molar-refractivity contribution in [1.29, 1.82) is 5.26 Å². The Balaban J connectivity index is -0.000000304. The Morgan fingerprint density at radius 2 is 1.00 bits per heavy atom. The summed E-state index contributed by atoms with van der Waals surface area (Å²) in [5.41, 5.74) is 3.37. The highest BCUT2D eigenvalue weighted by Gasteiger charge is 1.76. The van der Waals surface area contributed by atoms with Gasteiger partial charge in [0.05, 0.1) is 6.07 Å². The molecule has 150 valence electrons. The fourth-order valence-electron chi connectivity index (χ4n) is 1.18. The lowest BCUT2D eigenvalue weighted by molar-refractivity contribution is 1.54. The topological polar surface area (TPSA) is 23.8 Å².